The van der Waals surface area contributed by atoms with Crippen LogP contribution in [0.1, 0.15) is 38.2 Å². The standard InChI is InChI=1S/C21H21Cl2NO3/c1-3-13(2)15-7-4-5-10-18(15)27-21(26)14-11-19(25)24(12-14)17-9-6-8-16(22)20(17)23/h4-10,13-14H,3,11-12H2,1-2H3/t13-,14+/m0/s1. The molecule has 27 heavy (non-hydrogen) atoms. The number of hydrogen-bond donors (Lipinski definition) is 0. The first-order chi connectivity index (χ1) is 12.9. The predicted molar refractivity (Wildman–Crippen MR) is 108 cm³/mol. The van der Waals surface area contributed by atoms with E-state index in [1.807, 2.05) is 18.2 Å². The summed E-state index contributed by atoms with van der Waals surface area (Å²) < 4.78 is 5.66. The lowest BCUT2D eigenvalue weighted by Crippen LogP contribution is -2.27. The highest BCUT2D eigenvalue weighted by atomic mass is 35.5. The molecule has 2 aromatic carbocycles. The molecule has 1 heterocycles. The average molecular weight is 406 g/mol. The maximum atomic E-state index is 12.7. The number of carbonyl (C=O) groups excluding carboxylic acids is 2. The fourth-order valence-electron chi connectivity index (χ4n) is 3.19. The molecule has 0 spiro atoms. The molecule has 0 bridgehead atoms. The summed E-state index contributed by atoms with van der Waals surface area (Å²) in [7, 11) is 0. The van der Waals surface area contributed by atoms with E-state index in [9.17, 15) is 9.59 Å². The number of hydrogen-bond acceptors (Lipinski definition) is 3. The van der Waals surface area contributed by atoms with Crippen molar-refractivity contribution in [2.75, 3.05) is 11.4 Å². The number of para-hydroxylation sites is 1. The van der Waals surface area contributed by atoms with Gasteiger partial charge >= 0.3 is 5.97 Å². The zero-order valence-corrected chi connectivity index (χ0v) is 16.8. The average Bonchev–Trinajstić information content (AvgIpc) is 3.05. The predicted octanol–water partition coefficient (Wildman–Crippen LogP) is 5.47. The molecule has 0 radical (unpaired) electrons. The normalized spacial score (nSPS) is 17.9. The van der Waals surface area contributed by atoms with E-state index in [1.165, 1.54) is 4.90 Å². The second-order valence-corrected chi connectivity index (χ2v) is 7.53. The highest BCUT2D eigenvalue weighted by molar-refractivity contribution is 6.44. The molecular weight excluding hydrogens is 385 g/mol. The third kappa shape index (κ3) is 4.12. The molecule has 1 aliphatic rings. The molecule has 0 unspecified atom stereocenters. The number of benzene rings is 2. The summed E-state index contributed by atoms with van der Waals surface area (Å²) in [4.78, 5) is 26.6. The fourth-order valence-corrected chi connectivity index (χ4v) is 3.59. The van der Waals surface area contributed by atoms with E-state index < -0.39 is 11.9 Å². The van der Waals surface area contributed by atoms with Crippen molar-refractivity contribution in [3.05, 3.63) is 58.1 Å². The number of rotatable bonds is 5. The Hall–Kier alpha value is -2.04. The van der Waals surface area contributed by atoms with Gasteiger partial charge in [-0.05, 0) is 36.1 Å². The number of ether oxygens (including phenoxy) is 1. The van der Waals surface area contributed by atoms with E-state index in [0.29, 0.717) is 21.5 Å². The van der Waals surface area contributed by atoms with E-state index in [1.54, 1.807) is 24.3 Å². The molecule has 0 N–H and O–H groups in total. The van der Waals surface area contributed by atoms with Crippen molar-refractivity contribution in [1.82, 2.24) is 0 Å². The number of nitrogens with zero attached hydrogens (tertiary/aromatic N) is 1. The molecule has 2 aromatic rings. The lowest BCUT2D eigenvalue weighted by molar-refractivity contribution is -0.139. The Kier molecular flexibility index (Phi) is 6.08. The molecule has 4 nitrogen and oxygen atoms in total. The van der Waals surface area contributed by atoms with Gasteiger partial charge in [0.1, 0.15) is 5.75 Å². The van der Waals surface area contributed by atoms with Crippen LogP contribution in [0.25, 0.3) is 0 Å². The monoisotopic (exact) mass is 405 g/mol. The molecule has 6 heteroatoms. The van der Waals surface area contributed by atoms with Crippen LogP contribution in [-0.2, 0) is 9.59 Å². The first-order valence-corrected chi connectivity index (χ1v) is 9.73. The van der Waals surface area contributed by atoms with Crippen molar-refractivity contribution >= 4 is 40.8 Å². The molecule has 1 amide bonds. The van der Waals surface area contributed by atoms with E-state index in [2.05, 4.69) is 13.8 Å². The van der Waals surface area contributed by atoms with Gasteiger partial charge in [-0.25, -0.2) is 0 Å². The zero-order valence-electron chi connectivity index (χ0n) is 15.2. The summed E-state index contributed by atoms with van der Waals surface area (Å²) in [6.45, 7) is 4.41. The van der Waals surface area contributed by atoms with Gasteiger partial charge in [0.05, 0.1) is 21.7 Å². The Labute approximate surface area is 169 Å². The van der Waals surface area contributed by atoms with Crippen LogP contribution in [0.4, 0.5) is 5.69 Å². The summed E-state index contributed by atoms with van der Waals surface area (Å²) in [5.41, 5.74) is 1.51. The molecule has 2 atom stereocenters. The maximum Gasteiger partial charge on any atom is 0.316 e. The minimum atomic E-state index is -0.544. The van der Waals surface area contributed by atoms with Crippen molar-refractivity contribution in [1.29, 1.82) is 0 Å². The van der Waals surface area contributed by atoms with Crippen molar-refractivity contribution < 1.29 is 14.3 Å². The Morgan fingerprint density at radius 2 is 1.96 bits per heavy atom. The smallest absolute Gasteiger partial charge is 0.316 e. The summed E-state index contributed by atoms with van der Waals surface area (Å²) in [6.07, 6.45) is 1.03. The molecule has 1 aliphatic heterocycles. The van der Waals surface area contributed by atoms with Gasteiger partial charge in [-0.3, -0.25) is 9.59 Å². The molecule has 3 rings (SSSR count). The third-order valence-electron chi connectivity index (χ3n) is 4.95. The van der Waals surface area contributed by atoms with Gasteiger partial charge in [0.25, 0.3) is 0 Å². The fraction of sp³-hybridized carbons (Fsp3) is 0.333. The van der Waals surface area contributed by atoms with Crippen LogP contribution in [0, 0.1) is 5.92 Å². The van der Waals surface area contributed by atoms with Crippen LogP contribution in [-0.4, -0.2) is 18.4 Å². The molecule has 0 aliphatic carbocycles. The van der Waals surface area contributed by atoms with E-state index in [-0.39, 0.29) is 24.8 Å². The Morgan fingerprint density at radius 3 is 2.70 bits per heavy atom. The van der Waals surface area contributed by atoms with Gasteiger partial charge in [-0.1, -0.05) is 61.3 Å². The van der Waals surface area contributed by atoms with Gasteiger partial charge in [0.15, 0.2) is 0 Å². The molecule has 1 fully saturated rings. The van der Waals surface area contributed by atoms with E-state index in [4.69, 9.17) is 27.9 Å². The van der Waals surface area contributed by atoms with Crippen molar-refractivity contribution in [3.63, 3.8) is 0 Å². The van der Waals surface area contributed by atoms with Crippen LogP contribution < -0.4 is 9.64 Å². The largest absolute Gasteiger partial charge is 0.426 e. The Morgan fingerprint density at radius 1 is 1.22 bits per heavy atom. The maximum absolute atomic E-state index is 12.7. The zero-order chi connectivity index (χ0) is 19.6. The quantitative estimate of drug-likeness (QED) is 0.489. The van der Waals surface area contributed by atoms with Crippen molar-refractivity contribution in [3.8, 4) is 5.75 Å². The van der Waals surface area contributed by atoms with Crippen molar-refractivity contribution in [2.24, 2.45) is 5.92 Å². The first-order valence-electron chi connectivity index (χ1n) is 8.97. The second-order valence-electron chi connectivity index (χ2n) is 6.75. The summed E-state index contributed by atoms with van der Waals surface area (Å²) in [5, 5.41) is 0.680. The summed E-state index contributed by atoms with van der Waals surface area (Å²) in [6, 6.07) is 12.6. The lowest BCUT2D eigenvalue weighted by atomic mass is 9.98. The first kappa shape index (κ1) is 19.7. The number of amides is 1. The number of esters is 1. The summed E-state index contributed by atoms with van der Waals surface area (Å²) >= 11 is 12.3. The minimum Gasteiger partial charge on any atom is -0.426 e. The van der Waals surface area contributed by atoms with E-state index in [0.717, 1.165) is 12.0 Å². The van der Waals surface area contributed by atoms with Gasteiger partial charge in [-0.2, -0.15) is 0 Å². The minimum absolute atomic E-state index is 0.0905. The number of halogens is 2. The second kappa shape index (κ2) is 8.32. The lowest BCUT2D eigenvalue weighted by Gasteiger charge is -2.19. The highest BCUT2D eigenvalue weighted by Gasteiger charge is 2.37. The topological polar surface area (TPSA) is 46.6 Å². The molecule has 142 valence electrons. The molecular formula is C21H21Cl2NO3. The van der Waals surface area contributed by atoms with Gasteiger partial charge < -0.3 is 9.64 Å². The molecule has 0 saturated carbocycles. The number of carbonyl (C=O) groups is 2. The van der Waals surface area contributed by atoms with Gasteiger partial charge in [-0.15, -0.1) is 0 Å². The highest BCUT2D eigenvalue weighted by Crippen LogP contribution is 2.36. The SMILES string of the molecule is CC[C@H](C)c1ccccc1OC(=O)[C@@H]1CC(=O)N(c2cccc(Cl)c2Cl)C1. The molecule has 0 aromatic heterocycles. The molecule has 1 saturated heterocycles. The van der Waals surface area contributed by atoms with Crippen LogP contribution in [0.5, 0.6) is 5.75 Å². The van der Waals surface area contributed by atoms with Gasteiger partial charge in [0.2, 0.25) is 5.91 Å². The van der Waals surface area contributed by atoms with E-state index >= 15 is 0 Å². The number of anilines is 1. The van der Waals surface area contributed by atoms with Crippen LogP contribution in [0.3, 0.4) is 0 Å². The Balaban J connectivity index is 1.76. The third-order valence-corrected chi connectivity index (χ3v) is 5.76. The van der Waals surface area contributed by atoms with Crippen LogP contribution in [0.2, 0.25) is 10.0 Å². The summed E-state index contributed by atoms with van der Waals surface area (Å²) in [5.74, 6) is -0.280. The van der Waals surface area contributed by atoms with Crippen LogP contribution >= 0.6 is 23.2 Å². The van der Waals surface area contributed by atoms with Crippen LogP contribution in [0.15, 0.2) is 42.5 Å². The van der Waals surface area contributed by atoms with Crippen molar-refractivity contribution in [2.45, 2.75) is 32.6 Å². The van der Waals surface area contributed by atoms with Gasteiger partial charge in [0, 0.05) is 13.0 Å². The Bertz CT molecular complexity index is 868.